The fourth-order valence-electron chi connectivity index (χ4n) is 2.37. The van der Waals surface area contributed by atoms with Crippen LogP contribution in [0.3, 0.4) is 0 Å². The van der Waals surface area contributed by atoms with Crippen LogP contribution in [0.15, 0.2) is 30.3 Å². The van der Waals surface area contributed by atoms with Crippen LogP contribution in [0.2, 0.25) is 0 Å². The Balaban J connectivity index is 1.67. The topological polar surface area (TPSA) is 24.1 Å². The summed E-state index contributed by atoms with van der Waals surface area (Å²) < 4.78 is 0. The summed E-state index contributed by atoms with van der Waals surface area (Å²) in [6.07, 6.45) is 1.35. The van der Waals surface area contributed by atoms with Crippen molar-refractivity contribution in [3.8, 4) is 0 Å². The van der Waals surface area contributed by atoms with E-state index in [0.29, 0.717) is 6.04 Å². The van der Waals surface area contributed by atoms with Crippen LogP contribution in [-0.2, 0) is 0 Å². The largest absolute Gasteiger partial charge is 0.315 e. The molecule has 1 aromatic carbocycles. The minimum atomic E-state index is 0.576. The molecule has 1 aliphatic rings. The first-order valence-electron chi connectivity index (χ1n) is 6.80. The molecule has 1 aromatic rings. The van der Waals surface area contributed by atoms with Crippen molar-refractivity contribution >= 4 is 0 Å². The summed E-state index contributed by atoms with van der Waals surface area (Å²) in [5.41, 5.74) is 1.51. The Morgan fingerprint density at radius 3 is 2.76 bits per heavy atom. The summed E-state index contributed by atoms with van der Waals surface area (Å²) in [4.78, 5) is 0. The van der Waals surface area contributed by atoms with Crippen molar-refractivity contribution in [2.75, 3.05) is 19.6 Å². The lowest BCUT2D eigenvalue weighted by Crippen LogP contribution is -2.37. The summed E-state index contributed by atoms with van der Waals surface area (Å²) in [6, 6.07) is 11.5. The maximum atomic E-state index is 3.62. The van der Waals surface area contributed by atoms with Gasteiger partial charge in [-0.3, -0.25) is 0 Å². The van der Waals surface area contributed by atoms with Crippen LogP contribution in [0, 0.1) is 5.92 Å². The van der Waals surface area contributed by atoms with Crippen LogP contribution in [0.25, 0.3) is 0 Å². The molecule has 3 unspecified atom stereocenters. The Hall–Kier alpha value is -0.860. The molecule has 2 rings (SSSR count). The lowest BCUT2D eigenvalue weighted by molar-refractivity contribution is 0.493. The summed E-state index contributed by atoms with van der Waals surface area (Å²) >= 11 is 0. The maximum Gasteiger partial charge on any atom is 0.0164 e. The van der Waals surface area contributed by atoms with Crippen molar-refractivity contribution in [2.45, 2.75) is 32.2 Å². The zero-order chi connectivity index (χ0) is 12.1. The third kappa shape index (κ3) is 3.83. The molecule has 0 aliphatic heterocycles. The van der Waals surface area contributed by atoms with Crippen molar-refractivity contribution in [3.63, 3.8) is 0 Å². The van der Waals surface area contributed by atoms with Crippen LogP contribution in [0.5, 0.6) is 0 Å². The normalized spacial score (nSPS) is 24.6. The van der Waals surface area contributed by atoms with Crippen molar-refractivity contribution in [2.24, 2.45) is 5.92 Å². The maximum absolute atomic E-state index is 3.62. The zero-order valence-corrected chi connectivity index (χ0v) is 10.9. The van der Waals surface area contributed by atoms with Gasteiger partial charge in [-0.05, 0) is 43.8 Å². The second kappa shape index (κ2) is 6.18. The van der Waals surface area contributed by atoms with Gasteiger partial charge >= 0.3 is 0 Å². The predicted molar refractivity (Wildman–Crippen MR) is 73.3 cm³/mol. The van der Waals surface area contributed by atoms with E-state index < -0.39 is 0 Å². The van der Waals surface area contributed by atoms with Crippen LogP contribution >= 0.6 is 0 Å². The van der Waals surface area contributed by atoms with Crippen LogP contribution in [0.4, 0.5) is 0 Å². The van der Waals surface area contributed by atoms with Gasteiger partial charge in [0.25, 0.3) is 0 Å². The first-order valence-corrected chi connectivity index (χ1v) is 6.80. The number of nitrogens with one attached hydrogen (secondary N) is 2. The van der Waals surface area contributed by atoms with E-state index >= 15 is 0 Å². The monoisotopic (exact) mass is 232 g/mol. The summed E-state index contributed by atoms with van der Waals surface area (Å²) in [5, 5.41) is 6.99. The molecule has 0 heterocycles. The molecule has 0 saturated heterocycles. The van der Waals surface area contributed by atoms with Gasteiger partial charge in [-0.25, -0.2) is 0 Å². The van der Waals surface area contributed by atoms with E-state index in [2.05, 4.69) is 54.8 Å². The standard InChI is InChI=1S/C15H24N2/c1-3-16-10-12(2)17-11-14-9-15(14)13-7-5-4-6-8-13/h4-8,12,14-17H,3,9-11H2,1-2H3. The molecule has 0 amide bonds. The molecular weight excluding hydrogens is 208 g/mol. The van der Waals surface area contributed by atoms with Gasteiger partial charge in [0.05, 0.1) is 0 Å². The van der Waals surface area contributed by atoms with Gasteiger partial charge in [-0.15, -0.1) is 0 Å². The number of rotatable bonds is 7. The molecule has 1 aliphatic carbocycles. The van der Waals surface area contributed by atoms with Gasteiger partial charge in [-0.1, -0.05) is 37.3 Å². The SMILES string of the molecule is CCNCC(C)NCC1CC1c1ccccc1. The van der Waals surface area contributed by atoms with E-state index in [1.165, 1.54) is 12.0 Å². The van der Waals surface area contributed by atoms with Gasteiger partial charge in [0.15, 0.2) is 0 Å². The third-order valence-corrected chi connectivity index (χ3v) is 3.58. The van der Waals surface area contributed by atoms with Gasteiger partial charge in [0.2, 0.25) is 0 Å². The molecule has 2 nitrogen and oxygen atoms in total. The average Bonchev–Trinajstić information content (AvgIpc) is 3.14. The molecule has 0 radical (unpaired) electrons. The highest BCUT2D eigenvalue weighted by Gasteiger charge is 2.37. The van der Waals surface area contributed by atoms with Gasteiger partial charge in [0, 0.05) is 12.6 Å². The summed E-state index contributed by atoms with van der Waals surface area (Å²) in [7, 11) is 0. The molecule has 0 bridgehead atoms. The number of hydrogen-bond acceptors (Lipinski definition) is 2. The van der Waals surface area contributed by atoms with E-state index in [4.69, 9.17) is 0 Å². The molecule has 94 valence electrons. The van der Waals surface area contributed by atoms with Gasteiger partial charge in [-0.2, -0.15) is 0 Å². The minimum Gasteiger partial charge on any atom is -0.315 e. The molecule has 17 heavy (non-hydrogen) atoms. The van der Waals surface area contributed by atoms with E-state index in [-0.39, 0.29) is 0 Å². The molecule has 0 aromatic heterocycles. The predicted octanol–water partition coefficient (Wildman–Crippen LogP) is 2.38. The number of hydrogen-bond donors (Lipinski definition) is 2. The fourth-order valence-corrected chi connectivity index (χ4v) is 2.37. The number of benzene rings is 1. The minimum absolute atomic E-state index is 0.576. The van der Waals surface area contributed by atoms with Crippen molar-refractivity contribution in [1.29, 1.82) is 0 Å². The molecule has 2 N–H and O–H groups in total. The lowest BCUT2D eigenvalue weighted by atomic mass is 10.1. The summed E-state index contributed by atoms with van der Waals surface area (Å²) in [6.45, 7) is 7.69. The Bertz CT molecular complexity index is 323. The number of likely N-dealkylation sites (N-methyl/N-ethyl adjacent to an activating group) is 1. The van der Waals surface area contributed by atoms with Crippen LogP contribution in [0.1, 0.15) is 31.7 Å². The molecule has 2 heteroatoms. The van der Waals surface area contributed by atoms with E-state index in [0.717, 1.165) is 31.5 Å². The molecular formula is C15H24N2. The molecule has 0 spiro atoms. The first-order chi connectivity index (χ1) is 8.31. The Morgan fingerprint density at radius 1 is 1.29 bits per heavy atom. The first kappa shape index (κ1) is 12.6. The third-order valence-electron chi connectivity index (χ3n) is 3.58. The van der Waals surface area contributed by atoms with E-state index in [1.807, 2.05) is 0 Å². The van der Waals surface area contributed by atoms with Crippen LogP contribution < -0.4 is 10.6 Å². The van der Waals surface area contributed by atoms with Crippen molar-refractivity contribution < 1.29 is 0 Å². The highest BCUT2D eigenvalue weighted by atomic mass is 15.0. The Labute approximate surface area is 105 Å². The second-order valence-electron chi connectivity index (χ2n) is 5.13. The van der Waals surface area contributed by atoms with Crippen molar-refractivity contribution in [1.82, 2.24) is 10.6 Å². The quantitative estimate of drug-likeness (QED) is 0.754. The Kier molecular flexibility index (Phi) is 4.57. The highest BCUT2D eigenvalue weighted by molar-refractivity contribution is 5.25. The smallest absolute Gasteiger partial charge is 0.0164 e. The van der Waals surface area contributed by atoms with Gasteiger partial charge in [0.1, 0.15) is 0 Å². The molecule has 1 saturated carbocycles. The average molecular weight is 232 g/mol. The molecule has 1 fully saturated rings. The van der Waals surface area contributed by atoms with E-state index in [9.17, 15) is 0 Å². The van der Waals surface area contributed by atoms with Gasteiger partial charge < -0.3 is 10.6 Å². The zero-order valence-electron chi connectivity index (χ0n) is 10.9. The second-order valence-corrected chi connectivity index (χ2v) is 5.13. The Morgan fingerprint density at radius 2 is 2.06 bits per heavy atom. The van der Waals surface area contributed by atoms with Crippen molar-refractivity contribution in [3.05, 3.63) is 35.9 Å². The molecule has 3 atom stereocenters. The fraction of sp³-hybridized carbons (Fsp3) is 0.600. The van der Waals surface area contributed by atoms with Crippen LogP contribution in [-0.4, -0.2) is 25.7 Å². The highest BCUT2D eigenvalue weighted by Crippen LogP contribution is 2.46. The summed E-state index contributed by atoms with van der Waals surface area (Å²) in [5.74, 6) is 1.65. The van der Waals surface area contributed by atoms with E-state index in [1.54, 1.807) is 0 Å². The lowest BCUT2D eigenvalue weighted by Gasteiger charge is -2.13.